The summed E-state index contributed by atoms with van der Waals surface area (Å²) in [6.45, 7) is 7.00. The summed E-state index contributed by atoms with van der Waals surface area (Å²) >= 11 is -0.839. The van der Waals surface area contributed by atoms with Gasteiger partial charge >= 0.3 is 104 Å². The minimum absolute atomic E-state index is 0.558. The molecule has 1 radical (unpaired) electrons. The smallest absolute Gasteiger partial charge is 0.328 e. The molecule has 0 spiro atoms. The van der Waals surface area contributed by atoms with Crippen molar-refractivity contribution in [3.8, 4) is 0 Å². The van der Waals surface area contributed by atoms with E-state index in [1.165, 1.54) is 38.5 Å². The average Bonchev–Trinajstić information content (AvgIpc) is 2.45. The number of unbranched alkanes of at least 4 members (excludes halogenated alkanes) is 3. The van der Waals surface area contributed by atoms with Gasteiger partial charge in [0, 0.05) is 12.2 Å². The topological polar surface area (TPSA) is 74.6 Å². The van der Waals surface area contributed by atoms with E-state index < -0.39 is 31.7 Å². The van der Waals surface area contributed by atoms with Crippen molar-refractivity contribution < 1.29 is 19.8 Å². The van der Waals surface area contributed by atoms with E-state index in [1.807, 2.05) is 0 Å². The van der Waals surface area contributed by atoms with E-state index in [9.17, 15) is 9.59 Å². The Morgan fingerprint density at radius 3 is 1.24 bits per heavy atom. The summed E-state index contributed by atoms with van der Waals surface area (Å²) in [5, 5.41) is 15.6. The Hall–Kier alpha value is -0.521. The summed E-state index contributed by atoms with van der Waals surface area (Å²) < 4.78 is 5.04. The van der Waals surface area contributed by atoms with Gasteiger partial charge in [-0.15, -0.1) is 0 Å². The van der Waals surface area contributed by atoms with Gasteiger partial charge in [-0.05, 0) is 0 Å². The van der Waals surface area contributed by atoms with Gasteiger partial charge in [0.1, 0.15) is 0 Å². The summed E-state index contributed by atoms with van der Waals surface area (Å²) in [5.41, 5.74) is 0. The van der Waals surface area contributed by atoms with Gasteiger partial charge in [-0.2, -0.15) is 0 Å². The molecule has 4 nitrogen and oxygen atoms in total. The summed E-state index contributed by atoms with van der Waals surface area (Å²) in [6.07, 6.45) is 9.96. The molecular weight excluding hydrogens is 375 g/mol. The van der Waals surface area contributed by atoms with Gasteiger partial charge in [-0.25, -0.2) is 9.59 Å². The second kappa shape index (κ2) is 17.5. The van der Waals surface area contributed by atoms with E-state index in [4.69, 9.17) is 10.2 Å². The fraction of sp³-hybridized carbons (Fsp3) is 0.750. The van der Waals surface area contributed by atoms with Crippen LogP contribution in [-0.4, -0.2) is 41.9 Å². The number of hydrogen-bond acceptors (Lipinski definition) is 2. The van der Waals surface area contributed by atoms with Gasteiger partial charge in [-0.1, -0.05) is 0 Å². The third-order valence-corrected chi connectivity index (χ3v) is 12.1. The van der Waals surface area contributed by atoms with E-state index in [-0.39, 0.29) is 0 Å². The molecule has 0 heterocycles. The molecule has 0 aliphatic heterocycles. The van der Waals surface area contributed by atoms with Gasteiger partial charge in [0.15, 0.2) is 0 Å². The third-order valence-electron chi connectivity index (χ3n) is 3.02. The van der Waals surface area contributed by atoms with Crippen LogP contribution in [0.2, 0.25) is 13.3 Å². The van der Waals surface area contributed by atoms with E-state index >= 15 is 0 Å². The van der Waals surface area contributed by atoms with Crippen molar-refractivity contribution in [1.82, 2.24) is 0 Å². The molecule has 0 unspecified atom stereocenters. The van der Waals surface area contributed by atoms with Crippen LogP contribution in [-0.2, 0) is 9.59 Å². The SMILES string of the molecule is CCC[CH2][Sn]([CH2]CCC)[CH2]CCC.O=C(O)/C=C/C(=O)O. The first-order valence-corrected chi connectivity index (χ1v) is 14.0. The Labute approximate surface area is 136 Å². The Morgan fingerprint density at radius 2 is 1.05 bits per heavy atom. The molecule has 0 bridgehead atoms. The molecule has 0 aromatic heterocycles. The molecule has 0 aliphatic rings. The molecule has 5 heteroatoms. The zero-order chi connectivity index (χ0) is 16.5. The number of rotatable bonds is 11. The number of carboxylic acid groups (broad SMARTS) is 2. The first kappa shape index (κ1) is 22.8. The fourth-order valence-electron chi connectivity index (χ4n) is 1.80. The van der Waals surface area contributed by atoms with E-state index in [2.05, 4.69) is 20.8 Å². The average molecular weight is 406 g/mol. The van der Waals surface area contributed by atoms with Gasteiger partial charge in [-0.3, -0.25) is 0 Å². The largest absolute Gasteiger partial charge is 0.478 e. The van der Waals surface area contributed by atoms with Crippen molar-refractivity contribution in [2.75, 3.05) is 0 Å². The van der Waals surface area contributed by atoms with Crippen LogP contribution in [0.4, 0.5) is 0 Å². The van der Waals surface area contributed by atoms with Gasteiger partial charge in [0.2, 0.25) is 0 Å². The second-order valence-electron chi connectivity index (χ2n) is 5.07. The molecule has 123 valence electrons. The maximum absolute atomic E-state index is 9.55. The zero-order valence-corrected chi connectivity index (χ0v) is 16.6. The summed E-state index contributed by atoms with van der Waals surface area (Å²) in [4.78, 5) is 19.1. The molecule has 0 aromatic carbocycles. The molecular formula is C16H31O4Sn. The van der Waals surface area contributed by atoms with Gasteiger partial charge in [0.25, 0.3) is 0 Å². The van der Waals surface area contributed by atoms with Crippen LogP contribution in [0.5, 0.6) is 0 Å². The van der Waals surface area contributed by atoms with Crippen molar-refractivity contribution in [1.29, 1.82) is 0 Å². The van der Waals surface area contributed by atoms with Crippen molar-refractivity contribution in [2.24, 2.45) is 0 Å². The quantitative estimate of drug-likeness (QED) is 0.389. The molecule has 0 aromatic rings. The summed E-state index contributed by atoms with van der Waals surface area (Å²) in [6, 6.07) is 0. The third kappa shape index (κ3) is 21.9. The number of hydrogen-bond donors (Lipinski definition) is 2. The van der Waals surface area contributed by atoms with Crippen molar-refractivity contribution in [2.45, 2.75) is 72.6 Å². The molecule has 21 heavy (non-hydrogen) atoms. The van der Waals surface area contributed by atoms with Crippen LogP contribution in [0, 0.1) is 0 Å². The minimum Gasteiger partial charge on any atom is -0.478 e. The van der Waals surface area contributed by atoms with Gasteiger partial charge in [0.05, 0.1) is 0 Å². The Morgan fingerprint density at radius 1 is 0.762 bits per heavy atom. The predicted octanol–water partition coefficient (Wildman–Crippen LogP) is 4.59. The first-order chi connectivity index (χ1) is 9.97. The number of carbonyl (C=O) groups is 2. The monoisotopic (exact) mass is 407 g/mol. The molecule has 0 aliphatic carbocycles. The van der Waals surface area contributed by atoms with Crippen LogP contribution >= 0.6 is 0 Å². The van der Waals surface area contributed by atoms with Crippen molar-refractivity contribution in [3.05, 3.63) is 12.2 Å². The molecule has 0 rings (SSSR count). The summed E-state index contributed by atoms with van der Waals surface area (Å²) in [5.74, 6) is -2.51. The van der Waals surface area contributed by atoms with Crippen LogP contribution in [0.15, 0.2) is 12.2 Å². The van der Waals surface area contributed by atoms with E-state index in [0.29, 0.717) is 12.2 Å². The Balaban J connectivity index is 0. The number of aliphatic carboxylic acids is 2. The van der Waals surface area contributed by atoms with E-state index in [1.54, 1.807) is 13.3 Å². The van der Waals surface area contributed by atoms with Crippen molar-refractivity contribution in [3.63, 3.8) is 0 Å². The molecule has 0 fully saturated rings. The normalized spacial score (nSPS) is 10.5. The maximum Gasteiger partial charge on any atom is 0.328 e. The van der Waals surface area contributed by atoms with Crippen LogP contribution < -0.4 is 0 Å². The zero-order valence-electron chi connectivity index (χ0n) is 13.7. The maximum atomic E-state index is 9.55. The van der Waals surface area contributed by atoms with Crippen LogP contribution in [0.25, 0.3) is 0 Å². The minimum atomic E-state index is -1.26. The molecule has 0 atom stereocenters. The number of carboxylic acids is 2. The van der Waals surface area contributed by atoms with Crippen LogP contribution in [0.3, 0.4) is 0 Å². The predicted molar refractivity (Wildman–Crippen MR) is 89.3 cm³/mol. The van der Waals surface area contributed by atoms with Crippen molar-refractivity contribution >= 4 is 31.7 Å². The first-order valence-electron chi connectivity index (χ1n) is 7.95. The fourth-order valence-corrected chi connectivity index (χ4v) is 11.2. The second-order valence-corrected chi connectivity index (χ2v) is 13.6. The molecule has 0 saturated heterocycles. The van der Waals surface area contributed by atoms with E-state index in [0.717, 1.165) is 0 Å². The van der Waals surface area contributed by atoms with Crippen LogP contribution in [0.1, 0.15) is 59.3 Å². The Bertz CT molecular complexity index is 255. The Kier molecular flexibility index (Phi) is 19.0. The molecule has 0 saturated carbocycles. The molecule has 0 amide bonds. The summed E-state index contributed by atoms with van der Waals surface area (Å²) in [7, 11) is 0. The standard InChI is InChI=1S/C4H4O4.3C4H9.Sn/c5-3(6)1-2-4(7)8;3*1-3-4-2;/h1-2H,(H,5,6)(H,7,8);3*1,3-4H2,2H3;/b2-1+;;;;. The molecule has 2 N–H and O–H groups in total. The van der Waals surface area contributed by atoms with Gasteiger partial charge < -0.3 is 10.2 Å².